The number of unbranched alkanes of at least 4 members (excludes halogenated alkanes) is 16. The van der Waals surface area contributed by atoms with Crippen LogP contribution in [0.3, 0.4) is 0 Å². The van der Waals surface area contributed by atoms with E-state index in [1.54, 1.807) is 0 Å². The van der Waals surface area contributed by atoms with Crippen molar-refractivity contribution in [3.63, 3.8) is 0 Å². The topological polar surface area (TPSA) is 78.9 Å². The van der Waals surface area contributed by atoms with Crippen LogP contribution in [0.2, 0.25) is 0 Å². The largest absolute Gasteiger partial charge is 0.462 e. The van der Waals surface area contributed by atoms with Crippen molar-refractivity contribution >= 4 is 17.9 Å². The molecule has 0 aliphatic carbocycles. The molecule has 6 heteroatoms. The predicted octanol–water partition coefficient (Wildman–Crippen LogP) is 20.0. The van der Waals surface area contributed by atoms with Gasteiger partial charge in [0, 0.05) is 19.3 Å². The van der Waals surface area contributed by atoms with Crippen LogP contribution in [-0.4, -0.2) is 37.2 Å². The van der Waals surface area contributed by atoms with E-state index in [-0.39, 0.29) is 31.1 Å². The standard InChI is InChI=1S/C67H106O6/c1-4-7-10-13-16-19-22-25-27-28-29-30-31-32-33-34-35-36-37-38-40-42-45-48-51-54-57-60-66(69)72-63-64(62-71-65(68)59-56-53-50-47-44-41-24-21-18-15-12-9-6-3)73-67(70)61-58-55-52-49-46-43-39-26-23-20-17-14-11-8-5-2/h7,10,12,15-17,19-21,24-27,29-30,32-33,35-36,38-40,45,48,64H,4-6,8-9,11,13-14,18,22-23,28,31,34,37,41-44,46-47,49-63H2,1-3H3/b10-7-,15-12-,19-16-,20-17-,24-21-,27-25-,30-29-,33-32-,36-35-,39-26-,40-38-,48-45-. The Kier molecular flexibility index (Phi) is 56.0. The number of ether oxygens (including phenoxy) is 3. The van der Waals surface area contributed by atoms with Gasteiger partial charge in [-0.15, -0.1) is 0 Å². The summed E-state index contributed by atoms with van der Waals surface area (Å²) in [6.45, 7) is 6.36. The van der Waals surface area contributed by atoms with Crippen molar-refractivity contribution in [2.45, 2.75) is 245 Å². The van der Waals surface area contributed by atoms with Crippen LogP contribution in [0.25, 0.3) is 0 Å². The Hall–Kier alpha value is -4.71. The summed E-state index contributed by atoms with van der Waals surface area (Å²) in [6.07, 6.45) is 85.5. The van der Waals surface area contributed by atoms with Crippen molar-refractivity contribution in [3.8, 4) is 0 Å². The van der Waals surface area contributed by atoms with Gasteiger partial charge in [-0.25, -0.2) is 0 Å². The Morgan fingerprint density at radius 3 is 0.918 bits per heavy atom. The second-order valence-electron chi connectivity index (χ2n) is 18.8. The minimum absolute atomic E-state index is 0.110. The van der Waals surface area contributed by atoms with E-state index in [9.17, 15) is 14.4 Å². The van der Waals surface area contributed by atoms with Gasteiger partial charge in [-0.05, 0) is 141 Å². The first-order valence-electron chi connectivity index (χ1n) is 29.3. The van der Waals surface area contributed by atoms with E-state index in [1.165, 1.54) is 32.1 Å². The highest BCUT2D eigenvalue weighted by atomic mass is 16.6. The summed E-state index contributed by atoms with van der Waals surface area (Å²) < 4.78 is 16.8. The molecule has 0 bridgehead atoms. The summed E-state index contributed by atoms with van der Waals surface area (Å²) in [5.74, 6) is -0.990. The lowest BCUT2D eigenvalue weighted by Gasteiger charge is -2.18. The van der Waals surface area contributed by atoms with Gasteiger partial charge < -0.3 is 14.2 Å². The summed E-state index contributed by atoms with van der Waals surface area (Å²) in [4.78, 5) is 38.1. The molecule has 73 heavy (non-hydrogen) atoms. The van der Waals surface area contributed by atoms with Crippen molar-refractivity contribution in [1.82, 2.24) is 0 Å². The van der Waals surface area contributed by atoms with Crippen molar-refractivity contribution in [3.05, 3.63) is 146 Å². The van der Waals surface area contributed by atoms with E-state index in [0.29, 0.717) is 25.7 Å². The number of hydrogen-bond acceptors (Lipinski definition) is 6. The molecule has 1 atom stereocenters. The minimum Gasteiger partial charge on any atom is -0.462 e. The van der Waals surface area contributed by atoms with Crippen LogP contribution in [-0.2, 0) is 28.6 Å². The molecule has 0 amide bonds. The van der Waals surface area contributed by atoms with E-state index in [1.807, 2.05) is 0 Å². The van der Waals surface area contributed by atoms with Gasteiger partial charge in [0.05, 0.1) is 0 Å². The van der Waals surface area contributed by atoms with Gasteiger partial charge in [-0.3, -0.25) is 14.4 Å². The molecule has 1 unspecified atom stereocenters. The van der Waals surface area contributed by atoms with Crippen LogP contribution in [0.1, 0.15) is 239 Å². The lowest BCUT2D eigenvalue weighted by Crippen LogP contribution is -2.30. The lowest BCUT2D eigenvalue weighted by molar-refractivity contribution is -0.167. The Morgan fingerprint density at radius 1 is 0.288 bits per heavy atom. The average Bonchev–Trinajstić information content (AvgIpc) is 3.39. The van der Waals surface area contributed by atoms with Crippen LogP contribution in [0.5, 0.6) is 0 Å². The molecule has 410 valence electrons. The van der Waals surface area contributed by atoms with Crippen LogP contribution in [0.4, 0.5) is 0 Å². The van der Waals surface area contributed by atoms with Crippen molar-refractivity contribution < 1.29 is 28.6 Å². The quantitative estimate of drug-likeness (QED) is 0.0261. The predicted molar refractivity (Wildman–Crippen MR) is 315 cm³/mol. The highest BCUT2D eigenvalue weighted by molar-refractivity contribution is 5.71. The normalized spacial score (nSPS) is 13.2. The lowest BCUT2D eigenvalue weighted by atomic mass is 10.1. The zero-order chi connectivity index (χ0) is 52.9. The number of carbonyl (C=O) groups excluding carboxylic acids is 3. The van der Waals surface area contributed by atoms with Gasteiger partial charge in [-0.2, -0.15) is 0 Å². The molecule has 0 aromatic heterocycles. The summed E-state index contributed by atoms with van der Waals surface area (Å²) in [5, 5.41) is 0. The molecule has 0 rings (SSSR count). The number of esters is 3. The molecule has 0 heterocycles. The van der Waals surface area contributed by atoms with Gasteiger partial charge in [0.15, 0.2) is 6.10 Å². The third-order valence-corrected chi connectivity index (χ3v) is 11.8. The molecule has 0 aliphatic heterocycles. The minimum atomic E-state index is -0.816. The first-order valence-corrected chi connectivity index (χ1v) is 29.3. The second-order valence-corrected chi connectivity index (χ2v) is 18.8. The molecule has 0 aromatic carbocycles. The van der Waals surface area contributed by atoms with E-state index in [4.69, 9.17) is 14.2 Å². The fourth-order valence-electron chi connectivity index (χ4n) is 7.41. The van der Waals surface area contributed by atoms with Crippen LogP contribution in [0.15, 0.2) is 146 Å². The van der Waals surface area contributed by atoms with Gasteiger partial charge in [0.2, 0.25) is 0 Å². The van der Waals surface area contributed by atoms with E-state index < -0.39 is 6.10 Å². The van der Waals surface area contributed by atoms with Crippen molar-refractivity contribution in [2.24, 2.45) is 0 Å². The summed E-state index contributed by atoms with van der Waals surface area (Å²) >= 11 is 0. The van der Waals surface area contributed by atoms with Gasteiger partial charge in [0.25, 0.3) is 0 Å². The Bertz CT molecular complexity index is 1630. The van der Waals surface area contributed by atoms with Crippen LogP contribution >= 0.6 is 0 Å². The van der Waals surface area contributed by atoms with Crippen LogP contribution < -0.4 is 0 Å². The van der Waals surface area contributed by atoms with Gasteiger partial charge >= 0.3 is 17.9 Å². The van der Waals surface area contributed by atoms with Crippen molar-refractivity contribution in [2.75, 3.05) is 13.2 Å². The third-order valence-electron chi connectivity index (χ3n) is 11.8. The smallest absolute Gasteiger partial charge is 0.306 e. The Balaban J connectivity index is 4.47. The number of rotatable bonds is 51. The molecule has 0 aromatic rings. The molecular formula is C67H106O6. The Morgan fingerprint density at radius 2 is 0.562 bits per heavy atom. The average molecular weight is 1010 g/mol. The zero-order valence-electron chi connectivity index (χ0n) is 46.8. The monoisotopic (exact) mass is 1010 g/mol. The molecule has 0 saturated carbocycles. The second kappa shape index (κ2) is 59.8. The van der Waals surface area contributed by atoms with Crippen molar-refractivity contribution in [1.29, 1.82) is 0 Å². The molecule has 0 radical (unpaired) electrons. The summed E-state index contributed by atoms with van der Waals surface area (Å²) in [7, 11) is 0. The molecule has 0 aliphatic rings. The third kappa shape index (κ3) is 58.1. The Labute approximate surface area is 448 Å². The molecule has 0 spiro atoms. The molecule has 0 fully saturated rings. The fourth-order valence-corrected chi connectivity index (χ4v) is 7.41. The number of hydrogen-bond donors (Lipinski definition) is 0. The van der Waals surface area contributed by atoms with E-state index >= 15 is 0 Å². The maximum Gasteiger partial charge on any atom is 0.306 e. The van der Waals surface area contributed by atoms with Gasteiger partial charge in [-0.1, -0.05) is 224 Å². The zero-order valence-corrected chi connectivity index (χ0v) is 46.8. The molecular weight excluding hydrogens is 901 g/mol. The molecule has 0 N–H and O–H groups in total. The van der Waals surface area contributed by atoms with Gasteiger partial charge in [0.1, 0.15) is 13.2 Å². The first-order chi connectivity index (χ1) is 36.0. The highest BCUT2D eigenvalue weighted by Gasteiger charge is 2.19. The van der Waals surface area contributed by atoms with E-state index in [2.05, 4.69) is 167 Å². The SMILES string of the molecule is CC/C=C\C/C=C\C/C=C\C/C=C\C/C=C\C/C=C\C/C=C\C/C=C\CCCCC(=O)OCC(COC(=O)CCCCCCC/C=C\C/C=C\CCC)OC(=O)CCCCCCC/C=C\C/C=C\CCCCC. The maximum absolute atomic E-state index is 12.8. The number of allylic oxidation sites excluding steroid dienone is 24. The van der Waals surface area contributed by atoms with Crippen LogP contribution in [0, 0.1) is 0 Å². The van der Waals surface area contributed by atoms with E-state index in [0.717, 1.165) is 161 Å². The molecule has 6 nitrogen and oxygen atoms in total. The maximum atomic E-state index is 12.8. The number of carbonyl (C=O) groups is 3. The summed E-state index contributed by atoms with van der Waals surface area (Å²) in [6, 6.07) is 0. The highest BCUT2D eigenvalue weighted by Crippen LogP contribution is 2.13. The summed E-state index contributed by atoms with van der Waals surface area (Å²) in [5.41, 5.74) is 0. The fraction of sp³-hybridized carbons (Fsp3) is 0.597. The molecule has 0 saturated heterocycles. The first kappa shape index (κ1) is 68.3.